The lowest BCUT2D eigenvalue weighted by Crippen LogP contribution is -2.36. The molecule has 7 nitrogen and oxygen atoms in total. The summed E-state index contributed by atoms with van der Waals surface area (Å²) >= 11 is 0. The Balaban J connectivity index is 1.86. The molecule has 1 amide bonds. The molecule has 2 aromatic carbocycles. The van der Waals surface area contributed by atoms with E-state index in [2.05, 4.69) is 10.4 Å². The molecule has 0 fully saturated rings. The molecule has 2 N–H and O–H groups in total. The Labute approximate surface area is 163 Å². The van der Waals surface area contributed by atoms with Gasteiger partial charge < -0.3 is 10.4 Å². The summed E-state index contributed by atoms with van der Waals surface area (Å²) in [6.07, 6.45) is 0.0320. The highest BCUT2D eigenvalue weighted by molar-refractivity contribution is 5.75. The molecule has 0 radical (unpaired) electrons. The van der Waals surface area contributed by atoms with Crippen LogP contribution in [0, 0.1) is 0 Å². The summed E-state index contributed by atoms with van der Waals surface area (Å²) in [5.74, 6) is 0.167. The summed E-state index contributed by atoms with van der Waals surface area (Å²) in [6, 6.07) is 19.4. The van der Waals surface area contributed by atoms with E-state index in [1.165, 1.54) is 4.68 Å². The number of benzene rings is 2. The maximum atomic E-state index is 12.9. The molecular weight excluding hydrogens is 356 g/mol. The van der Waals surface area contributed by atoms with Crippen molar-refractivity contribution in [3.05, 3.63) is 76.7 Å². The second-order valence-corrected chi connectivity index (χ2v) is 6.67. The van der Waals surface area contributed by atoms with Crippen LogP contribution in [0.4, 0.5) is 0 Å². The second kappa shape index (κ2) is 9.14. The van der Waals surface area contributed by atoms with E-state index in [1.807, 2.05) is 60.7 Å². The Morgan fingerprint density at radius 3 is 2.39 bits per heavy atom. The highest BCUT2D eigenvalue weighted by Crippen LogP contribution is 2.15. The predicted molar refractivity (Wildman–Crippen MR) is 107 cm³/mol. The van der Waals surface area contributed by atoms with Crippen LogP contribution in [0.5, 0.6) is 0 Å². The number of carbonyl (C=O) groups excluding carboxylic acids is 1. The van der Waals surface area contributed by atoms with Gasteiger partial charge in [0.2, 0.25) is 5.91 Å². The lowest BCUT2D eigenvalue weighted by atomic mass is 10.1. The van der Waals surface area contributed by atoms with E-state index in [9.17, 15) is 14.7 Å². The van der Waals surface area contributed by atoms with E-state index in [0.29, 0.717) is 18.8 Å². The molecule has 0 saturated heterocycles. The van der Waals surface area contributed by atoms with Crippen molar-refractivity contribution >= 4 is 5.91 Å². The predicted octanol–water partition coefficient (Wildman–Crippen LogP) is 1.45. The summed E-state index contributed by atoms with van der Waals surface area (Å²) in [4.78, 5) is 25.0. The number of aryl methyl sites for hydroxylation is 1. The second-order valence-electron chi connectivity index (χ2n) is 6.67. The number of aliphatic hydroxyl groups excluding tert-OH is 1. The fraction of sp³-hybridized carbons (Fsp3) is 0.286. The van der Waals surface area contributed by atoms with Gasteiger partial charge in [0, 0.05) is 18.7 Å². The Bertz CT molecular complexity index is 962. The van der Waals surface area contributed by atoms with Crippen LogP contribution >= 0.6 is 0 Å². The SMILES string of the molecule is C[C@H](O)CNC(=O)Cn1nc(-c2ccccc2)n(CCc2ccccc2)c1=O. The maximum absolute atomic E-state index is 12.9. The van der Waals surface area contributed by atoms with E-state index in [1.54, 1.807) is 11.5 Å². The smallest absolute Gasteiger partial charge is 0.346 e. The number of hydrogen-bond acceptors (Lipinski definition) is 4. The third kappa shape index (κ3) is 4.95. The third-order valence-electron chi connectivity index (χ3n) is 4.31. The van der Waals surface area contributed by atoms with E-state index < -0.39 is 6.10 Å². The van der Waals surface area contributed by atoms with Crippen LogP contribution in [0.15, 0.2) is 65.5 Å². The van der Waals surface area contributed by atoms with Crippen molar-refractivity contribution in [2.24, 2.45) is 0 Å². The summed E-state index contributed by atoms with van der Waals surface area (Å²) in [5, 5.41) is 16.3. The Hall–Kier alpha value is -3.19. The topological polar surface area (TPSA) is 89.2 Å². The average molecular weight is 380 g/mol. The summed E-state index contributed by atoms with van der Waals surface area (Å²) in [6.45, 7) is 1.98. The minimum absolute atomic E-state index is 0.133. The number of amides is 1. The van der Waals surface area contributed by atoms with Gasteiger partial charge in [0.25, 0.3) is 0 Å². The van der Waals surface area contributed by atoms with Crippen molar-refractivity contribution < 1.29 is 9.90 Å². The number of nitrogens with zero attached hydrogens (tertiary/aromatic N) is 3. The van der Waals surface area contributed by atoms with Crippen LogP contribution in [-0.2, 0) is 24.3 Å². The van der Waals surface area contributed by atoms with Gasteiger partial charge in [-0.05, 0) is 18.9 Å². The van der Waals surface area contributed by atoms with Crippen molar-refractivity contribution in [2.45, 2.75) is 32.5 Å². The fourth-order valence-corrected chi connectivity index (χ4v) is 2.89. The molecule has 0 aliphatic heterocycles. The quantitative estimate of drug-likeness (QED) is 0.619. The van der Waals surface area contributed by atoms with E-state index in [4.69, 9.17) is 0 Å². The van der Waals surface area contributed by atoms with Crippen LogP contribution in [0.3, 0.4) is 0 Å². The Morgan fingerprint density at radius 1 is 1.11 bits per heavy atom. The van der Waals surface area contributed by atoms with Gasteiger partial charge in [-0.25, -0.2) is 9.48 Å². The number of aliphatic hydroxyl groups is 1. The van der Waals surface area contributed by atoms with Crippen molar-refractivity contribution in [2.75, 3.05) is 6.54 Å². The molecule has 0 saturated carbocycles. The first-order valence-electron chi connectivity index (χ1n) is 9.26. The monoisotopic (exact) mass is 380 g/mol. The third-order valence-corrected chi connectivity index (χ3v) is 4.31. The van der Waals surface area contributed by atoms with Crippen molar-refractivity contribution in [1.29, 1.82) is 0 Å². The molecule has 0 bridgehead atoms. The highest BCUT2D eigenvalue weighted by Gasteiger charge is 2.17. The minimum atomic E-state index is -0.649. The van der Waals surface area contributed by atoms with Crippen LogP contribution in [-0.4, -0.2) is 38.0 Å². The molecule has 1 atom stereocenters. The molecule has 3 rings (SSSR count). The molecule has 7 heteroatoms. The lowest BCUT2D eigenvalue weighted by Gasteiger charge is -2.06. The van der Waals surface area contributed by atoms with Gasteiger partial charge in [0.15, 0.2) is 5.82 Å². The Morgan fingerprint density at radius 2 is 1.75 bits per heavy atom. The zero-order chi connectivity index (χ0) is 19.9. The van der Waals surface area contributed by atoms with Crippen molar-refractivity contribution in [3.8, 4) is 11.4 Å². The number of aromatic nitrogens is 3. The zero-order valence-corrected chi connectivity index (χ0v) is 15.8. The number of nitrogens with one attached hydrogen (secondary N) is 1. The maximum Gasteiger partial charge on any atom is 0.346 e. The largest absolute Gasteiger partial charge is 0.392 e. The molecule has 0 aliphatic carbocycles. The first-order valence-corrected chi connectivity index (χ1v) is 9.26. The number of carbonyl (C=O) groups is 1. The van der Waals surface area contributed by atoms with Gasteiger partial charge in [-0.15, -0.1) is 5.10 Å². The van der Waals surface area contributed by atoms with Crippen molar-refractivity contribution in [1.82, 2.24) is 19.7 Å². The first-order chi connectivity index (χ1) is 13.5. The standard InChI is InChI=1S/C21H24N4O3/c1-16(26)14-22-19(27)15-25-21(28)24(13-12-17-8-4-2-5-9-17)20(23-25)18-10-6-3-7-11-18/h2-11,16,26H,12-15H2,1H3,(H,22,27)/t16-/m0/s1. The molecule has 0 spiro atoms. The molecule has 3 aromatic rings. The molecule has 146 valence electrons. The fourth-order valence-electron chi connectivity index (χ4n) is 2.89. The summed E-state index contributed by atoms with van der Waals surface area (Å²) < 4.78 is 2.77. The van der Waals surface area contributed by atoms with Gasteiger partial charge in [-0.3, -0.25) is 9.36 Å². The normalized spacial score (nSPS) is 11.9. The van der Waals surface area contributed by atoms with Crippen molar-refractivity contribution in [3.63, 3.8) is 0 Å². The first kappa shape index (κ1) is 19.6. The van der Waals surface area contributed by atoms with Gasteiger partial charge in [-0.1, -0.05) is 60.7 Å². The molecule has 1 heterocycles. The van der Waals surface area contributed by atoms with E-state index >= 15 is 0 Å². The zero-order valence-electron chi connectivity index (χ0n) is 15.8. The number of hydrogen-bond donors (Lipinski definition) is 2. The van der Waals surface area contributed by atoms with Gasteiger partial charge in [0.1, 0.15) is 6.54 Å². The molecular formula is C21H24N4O3. The summed E-state index contributed by atoms with van der Waals surface area (Å²) in [7, 11) is 0. The van der Waals surface area contributed by atoms with Gasteiger partial charge in [0.05, 0.1) is 6.10 Å². The Kier molecular flexibility index (Phi) is 6.39. The molecule has 0 aliphatic rings. The van der Waals surface area contributed by atoms with Gasteiger partial charge >= 0.3 is 5.69 Å². The lowest BCUT2D eigenvalue weighted by molar-refractivity contribution is -0.122. The average Bonchev–Trinajstić information content (AvgIpc) is 3.02. The van der Waals surface area contributed by atoms with Crippen LogP contribution < -0.4 is 11.0 Å². The molecule has 1 aromatic heterocycles. The van der Waals surface area contributed by atoms with Gasteiger partial charge in [-0.2, -0.15) is 0 Å². The van der Waals surface area contributed by atoms with E-state index in [-0.39, 0.29) is 24.7 Å². The molecule has 0 unspecified atom stereocenters. The van der Waals surface area contributed by atoms with Crippen LogP contribution in [0.2, 0.25) is 0 Å². The summed E-state index contributed by atoms with van der Waals surface area (Å²) in [5.41, 5.74) is 1.61. The van der Waals surface area contributed by atoms with Crippen LogP contribution in [0.25, 0.3) is 11.4 Å². The number of rotatable bonds is 8. The highest BCUT2D eigenvalue weighted by atomic mass is 16.3. The molecule has 28 heavy (non-hydrogen) atoms. The van der Waals surface area contributed by atoms with E-state index in [0.717, 1.165) is 11.1 Å². The van der Waals surface area contributed by atoms with Crippen LogP contribution in [0.1, 0.15) is 12.5 Å². The minimum Gasteiger partial charge on any atom is -0.392 e.